The number of amides is 1. The molecule has 4 rings (SSSR count). The average Bonchev–Trinajstić information content (AvgIpc) is 3.41. The number of benzene rings is 1. The second-order valence-corrected chi connectivity index (χ2v) is 7.57. The van der Waals surface area contributed by atoms with Gasteiger partial charge in [-0.25, -0.2) is 0 Å². The maximum atomic E-state index is 13.1. The van der Waals surface area contributed by atoms with Gasteiger partial charge < -0.3 is 10.1 Å². The summed E-state index contributed by atoms with van der Waals surface area (Å²) in [6, 6.07) is 14.1. The Labute approximate surface area is 163 Å². The maximum Gasteiger partial charge on any atom is 0.230 e. The lowest BCUT2D eigenvalue weighted by Crippen LogP contribution is -2.48. The summed E-state index contributed by atoms with van der Waals surface area (Å²) in [5, 5.41) is 11.9. The van der Waals surface area contributed by atoms with E-state index in [1.165, 1.54) is 0 Å². The number of thiophene rings is 1. The van der Waals surface area contributed by atoms with Crippen molar-refractivity contribution in [2.75, 3.05) is 19.8 Å². The molecule has 0 atom stereocenters. The molecule has 140 valence electrons. The molecule has 3 aromatic rings. The topological polar surface area (TPSA) is 56.2 Å². The molecule has 0 saturated carbocycles. The molecule has 0 aliphatic carbocycles. The zero-order chi connectivity index (χ0) is 18.5. The lowest BCUT2D eigenvalue weighted by molar-refractivity contribution is -0.130. The van der Waals surface area contributed by atoms with Crippen LogP contribution >= 0.6 is 11.3 Å². The Balaban J connectivity index is 1.40. The van der Waals surface area contributed by atoms with Crippen LogP contribution in [-0.2, 0) is 21.5 Å². The summed E-state index contributed by atoms with van der Waals surface area (Å²) in [6.07, 6.45) is 3.39. The largest absolute Gasteiger partial charge is 0.381 e. The molecule has 2 aromatic heterocycles. The summed E-state index contributed by atoms with van der Waals surface area (Å²) in [5.74, 6) is 0.0854. The molecule has 1 aliphatic heterocycles. The number of ether oxygens (including phenoxy) is 1. The lowest BCUT2D eigenvalue weighted by Gasteiger charge is -2.36. The fourth-order valence-electron chi connectivity index (χ4n) is 3.63. The molecular formula is C21H23N3O2S. The highest BCUT2D eigenvalue weighted by atomic mass is 32.1. The minimum Gasteiger partial charge on any atom is -0.381 e. The van der Waals surface area contributed by atoms with E-state index in [0.717, 1.165) is 16.8 Å². The summed E-state index contributed by atoms with van der Waals surface area (Å²) < 4.78 is 7.40. The average molecular weight is 382 g/mol. The van der Waals surface area contributed by atoms with Gasteiger partial charge >= 0.3 is 0 Å². The molecule has 0 radical (unpaired) electrons. The third-order valence-electron chi connectivity index (χ3n) is 5.19. The van der Waals surface area contributed by atoms with E-state index in [4.69, 9.17) is 4.74 Å². The molecule has 6 heteroatoms. The molecule has 5 nitrogen and oxygen atoms in total. The van der Waals surface area contributed by atoms with E-state index >= 15 is 0 Å². The highest BCUT2D eigenvalue weighted by Crippen LogP contribution is 2.35. The highest BCUT2D eigenvalue weighted by Gasteiger charge is 2.41. The van der Waals surface area contributed by atoms with E-state index in [2.05, 4.69) is 21.9 Å². The van der Waals surface area contributed by atoms with Crippen molar-refractivity contribution in [3.8, 4) is 11.3 Å². The second kappa shape index (κ2) is 8.06. The molecule has 0 spiro atoms. The van der Waals surface area contributed by atoms with Crippen molar-refractivity contribution in [3.63, 3.8) is 0 Å². The fourth-order valence-corrected chi connectivity index (χ4v) is 4.28. The van der Waals surface area contributed by atoms with E-state index in [-0.39, 0.29) is 5.91 Å². The maximum absolute atomic E-state index is 13.1. The van der Waals surface area contributed by atoms with Crippen LogP contribution in [0.15, 0.2) is 59.4 Å². The summed E-state index contributed by atoms with van der Waals surface area (Å²) in [5.41, 5.74) is 2.68. The molecule has 0 bridgehead atoms. The minimum atomic E-state index is -0.495. The highest BCUT2D eigenvalue weighted by molar-refractivity contribution is 7.08. The Hall–Kier alpha value is -2.44. The standard InChI is InChI=1S/C21H23N3O2S/c25-20(21(8-13-26-14-9-21)18-4-2-1-3-5-18)22-10-12-24-11-6-19(23-24)17-7-15-27-16-17/h1-7,11,15-16H,8-10,12-14H2,(H,22,25). The molecule has 1 aliphatic rings. The normalized spacial score (nSPS) is 16.1. The number of hydrogen-bond donors (Lipinski definition) is 1. The van der Waals surface area contributed by atoms with Gasteiger partial charge in [-0.1, -0.05) is 30.3 Å². The summed E-state index contributed by atoms with van der Waals surface area (Å²) in [7, 11) is 0. The van der Waals surface area contributed by atoms with Crippen molar-refractivity contribution in [2.45, 2.75) is 24.8 Å². The molecule has 1 aromatic carbocycles. The Morgan fingerprint density at radius 2 is 2.00 bits per heavy atom. The second-order valence-electron chi connectivity index (χ2n) is 6.79. The predicted molar refractivity (Wildman–Crippen MR) is 107 cm³/mol. The Morgan fingerprint density at radius 3 is 2.74 bits per heavy atom. The Morgan fingerprint density at radius 1 is 1.19 bits per heavy atom. The minimum absolute atomic E-state index is 0.0854. The first kappa shape index (κ1) is 17.9. The van der Waals surface area contributed by atoms with Gasteiger partial charge in [0.15, 0.2) is 0 Å². The summed E-state index contributed by atoms with van der Waals surface area (Å²) in [4.78, 5) is 13.1. The number of hydrogen-bond acceptors (Lipinski definition) is 4. The van der Waals surface area contributed by atoms with Gasteiger partial charge in [0.2, 0.25) is 5.91 Å². The summed E-state index contributed by atoms with van der Waals surface area (Å²) >= 11 is 1.66. The smallest absolute Gasteiger partial charge is 0.230 e. The third kappa shape index (κ3) is 3.82. The van der Waals surface area contributed by atoms with Crippen molar-refractivity contribution >= 4 is 17.2 Å². The molecule has 0 unspecified atom stereocenters. The molecule has 1 saturated heterocycles. The van der Waals surface area contributed by atoms with Crippen LogP contribution in [0.5, 0.6) is 0 Å². The van der Waals surface area contributed by atoms with Crippen molar-refractivity contribution in [2.24, 2.45) is 0 Å². The van der Waals surface area contributed by atoms with E-state index in [0.29, 0.717) is 39.1 Å². The van der Waals surface area contributed by atoms with Gasteiger partial charge in [0.05, 0.1) is 17.7 Å². The number of rotatable bonds is 6. The van der Waals surface area contributed by atoms with Crippen LogP contribution in [0.25, 0.3) is 11.3 Å². The zero-order valence-corrected chi connectivity index (χ0v) is 16.0. The van der Waals surface area contributed by atoms with Gasteiger partial charge in [0, 0.05) is 36.9 Å². The van der Waals surface area contributed by atoms with Crippen molar-refractivity contribution in [3.05, 3.63) is 65.0 Å². The molecule has 1 N–H and O–H groups in total. The van der Waals surface area contributed by atoms with Crippen molar-refractivity contribution in [1.82, 2.24) is 15.1 Å². The first-order valence-electron chi connectivity index (χ1n) is 9.25. The van der Waals surface area contributed by atoms with Crippen LogP contribution in [-0.4, -0.2) is 35.4 Å². The Bertz CT molecular complexity index is 868. The van der Waals surface area contributed by atoms with Gasteiger partial charge in [0.25, 0.3) is 0 Å². The van der Waals surface area contributed by atoms with Crippen molar-refractivity contribution < 1.29 is 9.53 Å². The monoisotopic (exact) mass is 381 g/mol. The van der Waals surface area contributed by atoms with Gasteiger partial charge in [-0.3, -0.25) is 9.48 Å². The van der Waals surface area contributed by atoms with Crippen LogP contribution in [0.4, 0.5) is 0 Å². The number of carbonyl (C=O) groups is 1. The molecule has 1 amide bonds. The van der Waals surface area contributed by atoms with Crippen molar-refractivity contribution in [1.29, 1.82) is 0 Å². The number of nitrogens with one attached hydrogen (secondary N) is 1. The first-order valence-corrected chi connectivity index (χ1v) is 10.2. The molecule has 3 heterocycles. The molecule has 27 heavy (non-hydrogen) atoms. The SMILES string of the molecule is O=C(NCCn1ccc(-c2ccsc2)n1)C1(c2ccccc2)CCOCC1. The van der Waals surface area contributed by atoms with Crippen LogP contribution in [0.1, 0.15) is 18.4 Å². The lowest BCUT2D eigenvalue weighted by atomic mass is 9.73. The van der Waals surface area contributed by atoms with Gasteiger partial charge in [0.1, 0.15) is 0 Å². The predicted octanol–water partition coefficient (Wildman–Crippen LogP) is 3.48. The summed E-state index contributed by atoms with van der Waals surface area (Å²) in [6.45, 7) is 2.44. The van der Waals surface area contributed by atoms with E-state index in [1.807, 2.05) is 52.7 Å². The van der Waals surface area contributed by atoms with Crippen LogP contribution in [0, 0.1) is 0 Å². The number of carbonyl (C=O) groups excluding carboxylic acids is 1. The van der Waals surface area contributed by atoms with Crippen LogP contribution < -0.4 is 5.32 Å². The van der Waals surface area contributed by atoms with Crippen LogP contribution in [0.3, 0.4) is 0 Å². The first-order chi connectivity index (χ1) is 13.3. The molecular weight excluding hydrogens is 358 g/mol. The Kier molecular flexibility index (Phi) is 5.36. The van der Waals surface area contributed by atoms with Gasteiger partial charge in [-0.2, -0.15) is 16.4 Å². The van der Waals surface area contributed by atoms with Gasteiger partial charge in [-0.05, 0) is 35.9 Å². The van der Waals surface area contributed by atoms with Crippen LogP contribution in [0.2, 0.25) is 0 Å². The fraction of sp³-hybridized carbons (Fsp3) is 0.333. The zero-order valence-electron chi connectivity index (χ0n) is 15.1. The van der Waals surface area contributed by atoms with Gasteiger partial charge in [-0.15, -0.1) is 0 Å². The molecule has 1 fully saturated rings. The third-order valence-corrected chi connectivity index (χ3v) is 5.87. The number of nitrogens with zero attached hydrogens (tertiary/aromatic N) is 2. The van der Waals surface area contributed by atoms with E-state index in [1.54, 1.807) is 11.3 Å². The number of aromatic nitrogens is 2. The van der Waals surface area contributed by atoms with E-state index < -0.39 is 5.41 Å². The quantitative estimate of drug-likeness (QED) is 0.711. The van der Waals surface area contributed by atoms with E-state index in [9.17, 15) is 4.79 Å².